The van der Waals surface area contributed by atoms with E-state index in [2.05, 4.69) is 31.2 Å². The third kappa shape index (κ3) is 5.91. The Kier molecular flexibility index (Phi) is 7.70. The summed E-state index contributed by atoms with van der Waals surface area (Å²) in [5, 5.41) is 3.83. The molecule has 0 saturated heterocycles. The summed E-state index contributed by atoms with van der Waals surface area (Å²) >= 11 is 3.45. The molecule has 3 aromatic carbocycles. The van der Waals surface area contributed by atoms with Gasteiger partial charge in [-0.05, 0) is 71.6 Å². The molecular formula is C30H22BrF3N4O2. The molecule has 2 amide bonds. The normalized spacial score (nSPS) is 11.9. The number of fused-ring (bicyclic) bond motifs is 1. The summed E-state index contributed by atoms with van der Waals surface area (Å²) in [4.78, 5) is 32.8. The number of rotatable bonds is 8. The standard InChI is InChI=1S/C30H22BrF3N4O2/c31-19-4-6-26-23(13-19)18(15-37-26)12-28(39)38-27(10-16-8-20(32)14-21(33)9-16)29-22(2-1-7-36-29)17-3-5-25(34)24(11-17)30(35)40/h1-9,11,13-15,27,37H,10,12H2,(H2,35,40)(H,38,39). The van der Waals surface area contributed by atoms with Crippen LogP contribution < -0.4 is 11.1 Å². The van der Waals surface area contributed by atoms with Crippen molar-refractivity contribution in [3.8, 4) is 11.1 Å². The minimum atomic E-state index is -0.935. The highest BCUT2D eigenvalue weighted by Gasteiger charge is 2.23. The Labute approximate surface area is 235 Å². The number of aromatic amines is 1. The van der Waals surface area contributed by atoms with Crippen LogP contribution >= 0.6 is 15.9 Å². The molecule has 6 nitrogen and oxygen atoms in total. The highest BCUT2D eigenvalue weighted by atomic mass is 79.9. The second kappa shape index (κ2) is 11.4. The maximum Gasteiger partial charge on any atom is 0.251 e. The predicted octanol–water partition coefficient (Wildman–Crippen LogP) is 6.15. The molecule has 1 unspecified atom stereocenters. The molecule has 5 rings (SSSR count). The number of amides is 2. The number of carbonyl (C=O) groups is 2. The van der Waals surface area contributed by atoms with Crippen LogP contribution in [0.5, 0.6) is 0 Å². The largest absolute Gasteiger partial charge is 0.366 e. The number of nitrogens with two attached hydrogens (primary N) is 1. The number of pyridine rings is 1. The van der Waals surface area contributed by atoms with E-state index in [1.54, 1.807) is 18.3 Å². The van der Waals surface area contributed by atoms with Gasteiger partial charge in [-0.3, -0.25) is 14.6 Å². The van der Waals surface area contributed by atoms with Crippen LogP contribution in [0.1, 0.15) is 33.2 Å². The maximum atomic E-state index is 14.2. The van der Waals surface area contributed by atoms with Crippen LogP contribution in [0.4, 0.5) is 13.2 Å². The smallest absolute Gasteiger partial charge is 0.251 e. The van der Waals surface area contributed by atoms with E-state index >= 15 is 0 Å². The molecule has 202 valence electrons. The first-order valence-corrected chi connectivity index (χ1v) is 13.0. The second-order valence-corrected chi connectivity index (χ2v) is 10.2. The molecule has 2 heterocycles. The zero-order chi connectivity index (χ0) is 28.4. The van der Waals surface area contributed by atoms with E-state index in [-0.39, 0.29) is 24.3 Å². The highest BCUT2D eigenvalue weighted by Crippen LogP contribution is 2.31. The quantitative estimate of drug-likeness (QED) is 0.197. The first-order chi connectivity index (χ1) is 19.2. The average molecular weight is 607 g/mol. The Morgan fingerprint density at radius 2 is 1.77 bits per heavy atom. The van der Waals surface area contributed by atoms with Gasteiger partial charge < -0.3 is 16.0 Å². The first-order valence-electron chi connectivity index (χ1n) is 12.2. The Morgan fingerprint density at radius 3 is 2.52 bits per heavy atom. The molecule has 0 radical (unpaired) electrons. The van der Waals surface area contributed by atoms with Gasteiger partial charge in [0, 0.05) is 39.4 Å². The van der Waals surface area contributed by atoms with E-state index in [1.165, 1.54) is 30.5 Å². The Balaban J connectivity index is 1.53. The van der Waals surface area contributed by atoms with Crippen LogP contribution in [0.3, 0.4) is 0 Å². The molecule has 0 aliphatic heterocycles. The van der Waals surface area contributed by atoms with Gasteiger partial charge in [0.15, 0.2) is 0 Å². The van der Waals surface area contributed by atoms with Crippen molar-refractivity contribution in [2.24, 2.45) is 5.73 Å². The average Bonchev–Trinajstić information content (AvgIpc) is 3.29. The molecule has 0 saturated carbocycles. The summed E-state index contributed by atoms with van der Waals surface area (Å²) in [5.41, 5.74) is 8.25. The van der Waals surface area contributed by atoms with Crippen molar-refractivity contribution in [2.45, 2.75) is 18.9 Å². The minimum Gasteiger partial charge on any atom is -0.366 e. The van der Waals surface area contributed by atoms with E-state index in [0.29, 0.717) is 22.4 Å². The van der Waals surface area contributed by atoms with E-state index in [1.807, 2.05) is 18.2 Å². The first kappa shape index (κ1) is 27.1. The lowest BCUT2D eigenvalue weighted by Gasteiger charge is -2.22. The van der Waals surface area contributed by atoms with Crippen LogP contribution in [-0.2, 0) is 17.6 Å². The van der Waals surface area contributed by atoms with E-state index in [9.17, 15) is 22.8 Å². The summed E-state index contributed by atoms with van der Waals surface area (Å²) in [6, 6.07) is 15.2. The molecule has 0 bridgehead atoms. The van der Waals surface area contributed by atoms with E-state index < -0.39 is 29.4 Å². The minimum absolute atomic E-state index is 0.00768. The topological polar surface area (TPSA) is 101 Å². The molecule has 40 heavy (non-hydrogen) atoms. The molecule has 0 fully saturated rings. The maximum absolute atomic E-state index is 14.2. The summed E-state index contributed by atoms with van der Waals surface area (Å²) in [6.45, 7) is 0. The fraction of sp³-hybridized carbons (Fsp3) is 0.100. The molecule has 0 aliphatic carbocycles. The van der Waals surface area contributed by atoms with Gasteiger partial charge in [0.05, 0.1) is 23.7 Å². The predicted molar refractivity (Wildman–Crippen MR) is 149 cm³/mol. The lowest BCUT2D eigenvalue weighted by Crippen LogP contribution is -2.32. The monoisotopic (exact) mass is 606 g/mol. The lowest BCUT2D eigenvalue weighted by molar-refractivity contribution is -0.121. The number of halogens is 4. The number of carbonyl (C=O) groups excluding carboxylic acids is 2. The molecule has 2 aromatic heterocycles. The fourth-order valence-electron chi connectivity index (χ4n) is 4.72. The van der Waals surface area contributed by atoms with Crippen molar-refractivity contribution in [1.82, 2.24) is 15.3 Å². The molecular weight excluding hydrogens is 585 g/mol. The van der Waals surface area contributed by atoms with Crippen molar-refractivity contribution in [3.05, 3.63) is 123 Å². The van der Waals surface area contributed by atoms with Crippen LogP contribution in [-0.4, -0.2) is 21.8 Å². The van der Waals surface area contributed by atoms with Gasteiger partial charge in [0.1, 0.15) is 17.5 Å². The Bertz CT molecular complexity index is 1730. The Hall–Kier alpha value is -4.44. The zero-order valence-electron chi connectivity index (χ0n) is 20.9. The molecule has 0 spiro atoms. The van der Waals surface area contributed by atoms with Crippen LogP contribution in [0.2, 0.25) is 0 Å². The van der Waals surface area contributed by atoms with Crippen molar-refractivity contribution in [3.63, 3.8) is 0 Å². The van der Waals surface area contributed by atoms with Crippen molar-refractivity contribution in [2.75, 3.05) is 0 Å². The number of aromatic nitrogens is 2. The van der Waals surface area contributed by atoms with Crippen molar-refractivity contribution >= 4 is 38.6 Å². The van der Waals surface area contributed by atoms with Crippen molar-refractivity contribution < 1.29 is 22.8 Å². The molecule has 1 atom stereocenters. The van der Waals surface area contributed by atoms with Gasteiger partial charge >= 0.3 is 0 Å². The number of H-pyrrole nitrogens is 1. The zero-order valence-corrected chi connectivity index (χ0v) is 22.4. The number of benzene rings is 3. The molecule has 10 heteroatoms. The summed E-state index contributed by atoms with van der Waals surface area (Å²) in [5.74, 6) is -3.57. The number of hydrogen-bond acceptors (Lipinski definition) is 3. The Morgan fingerprint density at radius 1 is 1.00 bits per heavy atom. The molecule has 4 N–H and O–H groups in total. The summed E-state index contributed by atoms with van der Waals surface area (Å²) in [7, 11) is 0. The van der Waals surface area contributed by atoms with Gasteiger partial charge in [-0.15, -0.1) is 0 Å². The molecule has 5 aromatic rings. The van der Waals surface area contributed by atoms with Crippen molar-refractivity contribution in [1.29, 1.82) is 0 Å². The van der Waals surface area contributed by atoms with E-state index in [4.69, 9.17) is 5.73 Å². The van der Waals surface area contributed by atoms with Crippen LogP contribution in [0.15, 0.2) is 83.6 Å². The van der Waals surface area contributed by atoms with Gasteiger partial charge in [-0.2, -0.15) is 0 Å². The summed E-state index contributed by atoms with van der Waals surface area (Å²) in [6.07, 6.45) is 3.30. The van der Waals surface area contributed by atoms with Gasteiger partial charge in [0.25, 0.3) is 5.91 Å². The number of primary amides is 1. The summed E-state index contributed by atoms with van der Waals surface area (Å²) < 4.78 is 43.2. The molecule has 0 aliphatic rings. The number of hydrogen-bond donors (Lipinski definition) is 3. The van der Waals surface area contributed by atoms with Crippen LogP contribution in [0.25, 0.3) is 22.0 Å². The van der Waals surface area contributed by atoms with Gasteiger partial charge in [-0.1, -0.05) is 28.1 Å². The second-order valence-electron chi connectivity index (χ2n) is 9.28. The number of nitrogens with zero attached hydrogens (tertiary/aromatic N) is 1. The SMILES string of the molecule is NC(=O)c1cc(-c2cccnc2C(Cc2cc(F)cc(F)c2)NC(=O)Cc2c[nH]c3ccc(Br)cc23)ccc1F. The van der Waals surface area contributed by atoms with Crippen LogP contribution in [0, 0.1) is 17.5 Å². The third-order valence-corrected chi connectivity index (χ3v) is 6.98. The third-order valence-electron chi connectivity index (χ3n) is 6.49. The van der Waals surface area contributed by atoms with Gasteiger partial charge in [-0.25, -0.2) is 13.2 Å². The fourth-order valence-corrected chi connectivity index (χ4v) is 5.08. The highest BCUT2D eigenvalue weighted by molar-refractivity contribution is 9.10. The van der Waals surface area contributed by atoms with E-state index in [0.717, 1.165) is 33.1 Å². The lowest BCUT2D eigenvalue weighted by atomic mass is 9.94. The number of nitrogens with one attached hydrogen (secondary N) is 2. The van der Waals surface area contributed by atoms with Gasteiger partial charge in [0.2, 0.25) is 5.91 Å².